The zero-order chi connectivity index (χ0) is 14.1. The molecule has 0 spiro atoms. The van der Waals surface area contributed by atoms with Gasteiger partial charge in [-0.15, -0.1) is 11.6 Å². The molecule has 0 saturated heterocycles. The first-order valence-electron chi connectivity index (χ1n) is 5.88. The maximum Gasteiger partial charge on any atom is 0.242 e. The lowest BCUT2D eigenvalue weighted by Gasteiger charge is -2.24. The number of methoxy groups -OCH3 is 2. The van der Waals surface area contributed by atoms with Crippen molar-refractivity contribution >= 4 is 23.2 Å². The normalized spacial score (nSPS) is 11.2. The molecule has 0 aliphatic carbocycles. The summed E-state index contributed by atoms with van der Waals surface area (Å²) in [7, 11) is 3.13. The smallest absolute Gasteiger partial charge is 0.242 e. The van der Waals surface area contributed by atoms with Crippen molar-refractivity contribution in [1.29, 1.82) is 0 Å². The zero-order valence-corrected chi connectivity index (χ0v) is 11.9. The van der Waals surface area contributed by atoms with Crippen LogP contribution in [0.5, 0.6) is 0 Å². The highest BCUT2D eigenvalue weighted by molar-refractivity contribution is 6.27. The van der Waals surface area contributed by atoms with Crippen LogP contribution < -0.4 is 0 Å². The van der Waals surface area contributed by atoms with Crippen molar-refractivity contribution in [3.63, 3.8) is 0 Å². The number of amides is 1. The molecule has 1 aromatic rings. The number of benzene rings is 1. The van der Waals surface area contributed by atoms with Crippen LogP contribution >= 0.6 is 11.6 Å². The van der Waals surface area contributed by atoms with Gasteiger partial charge in [0.25, 0.3) is 0 Å². The molecular weight excluding hydrogens is 266 g/mol. The number of halogens is 1. The maximum atomic E-state index is 11.9. The minimum atomic E-state index is -0.189. The van der Waals surface area contributed by atoms with Crippen LogP contribution in [0.1, 0.15) is 5.56 Å². The van der Waals surface area contributed by atoms with E-state index >= 15 is 0 Å². The first kappa shape index (κ1) is 15.5. The first-order chi connectivity index (χ1) is 9.24. The van der Waals surface area contributed by atoms with E-state index in [0.29, 0.717) is 18.8 Å². The number of hydrogen-bond acceptors (Lipinski definition) is 3. The second-order valence-electron chi connectivity index (χ2n) is 3.78. The van der Waals surface area contributed by atoms with Crippen molar-refractivity contribution in [2.45, 2.75) is 0 Å². The van der Waals surface area contributed by atoms with E-state index in [4.69, 9.17) is 21.1 Å². The Balaban J connectivity index is 3.05. The molecule has 104 valence electrons. The van der Waals surface area contributed by atoms with E-state index < -0.39 is 0 Å². The second kappa shape index (κ2) is 8.56. The SMILES string of the molecule is COC=C(c1ccccc1)N(CCOC)C(=O)CCl. The minimum Gasteiger partial charge on any atom is -0.502 e. The Bertz CT molecular complexity index is 420. The maximum absolute atomic E-state index is 11.9. The topological polar surface area (TPSA) is 38.8 Å². The van der Waals surface area contributed by atoms with Gasteiger partial charge >= 0.3 is 0 Å². The highest BCUT2D eigenvalue weighted by Gasteiger charge is 2.18. The molecule has 0 atom stereocenters. The Morgan fingerprint density at radius 3 is 2.53 bits per heavy atom. The Kier molecular flexibility index (Phi) is 7.00. The van der Waals surface area contributed by atoms with Gasteiger partial charge in [0.2, 0.25) is 5.91 Å². The fourth-order valence-electron chi connectivity index (χ4n) is 1.64. The lowest BCUT2D eigenvalue weighted by Crippen LogP contribution is -2.33. The summed E-state index contributed by atoms with van der Waals surface area (Å²) in [4.78, 5) is 13.5. The van der Waals surface area contributed by atoms with Gasteiger partial charge in [-0.25, -0.2) is 0 Å². The molecule has 0 fully saturated rings. The number of alkyl halides is 1. The lowest BCUT2D eigenvalue weighted by molar-refractivity contribution is -0.125. The summed E-state index contributed by atoms with van der Waals surface area (Å²) in [6.07, 6.45) is 1.54. The van der Waals surface area contributed by atoms with Crippen LogP contribution in [0.15, 0.2) is 36.6 Å². The van der Waals surface area contributed by atoms with Gasteiger partial charge in [-0.2, -0.15) is 0 Å². The van der Waals surface area contributed by atoms with E-state index in [1.807, 2.05) is 30.3 Å². The fourth-order valence-corrected chi connectivity index (χ4v) is 1.79. The summed E-state index contributed by atoms with van der Waals surface area (Å²) in [6.45, 7) is 0.850. The lowest BCUT2D eigenvalue weighted by atomic mass is 10.1. The van der Waals surface area contributed by atoms with E-state index in [9.17, 15) is 4.79 Å². The van der Waals surface area contributed by atoms with Crippen LogP contribution in [0.3, 0.4) is 0 Å². The molecule has 0 aromatic heterocycles. The standard InChI is InChI=1S/C14H18ClNO3/c1-18-9-8-16(14(17)10-15)13(11-19-2)12-6-4-3-5-7-12/h3-7,11H,8-10H2,1-2H3. The van der Waals surface area contributed by atoms with Crippen LogP contribution in [0.2, 0.25) is 0 Å². The van der Waals surface area contributed by atoms with Crippen LogP contribution in [0, 0.1) is 0 Å². The number of ether oxygens (including phenoxy) is 2. The van der Waals surface area contributed by atoms with Gasteiger partial charge in [-0.3, -0.25) is 4.79 Å². The van der Waals surface area contributed by atoms with Gasteiger partial charge in [-0.1, -0.05) is 30.3 Å². The Morgan fingerprint density at radius 1 is 1.32 bits per heavy atom. The Hall–Kier alpha value is -1.52. The van der Waals surface area contributed by atoms with Crippen LogP contribution in [-0.2, 0) is 14.3 Å². The Labute approximate surface area is 118 Å². The highest BCUT2D eigenvalue weighted by Crippen LogP contribution is 2.19. The van der Waals surface area contributed by atoms with Gasteiger partial charge in [0.1, 0.15) is 12.1 Å². The molecular formula is C14H18ClNO3. The second-order valence-corrected chi connectivity index (χ2v) is 4.04. The predicted octanol–water partition coefficient (Wildman–Crippen LogP) is 2.35. The van der Waals surface area contributed by atoms with E-state index in [-0.39, 0.29) is 11.8 Å². The number of rotatable bonds is 7. The summed E-state index contributed by atoms with van der Waals surface area (Å²) >= 11 is 5.66. The molecule has 0 bridgehead atoms. The van der Waals surface area contributed by atoms with Crippen LogP contribution in [0.4, 0.5) is 0 Å². The fraction of sp³-hybridized carbons (Fsp3) is 0.357. The minimum absolute atomic E-state index is 0.0857. The molecule has 19 heavy (non-hydrogen) atoms. The Morgan fingerprint density at radius 2 is 2.00 bits per heavy atom. The molecule has 0 heterocycles. The summed E-state index contributed by atoms with van der Waals surface area (Å²) in [5.41, 5.74) is 1.56. The van der Waals surface area contributed by atoms with Crippen molar-refractivity contribution in [3.8, 4) is 0 Å². The van der Waals surface area contributed by atoms with Gasteiger partial charge in [0.15, 0.2) is 0 Å². The van der Waals surface area contributed by atoms with Crippen molar-refractivity contribution in [2.24, 2.45) is 0 Å². The van der Waals surface area contributed by atoms with Crippen molar-refractivity contribution in [2.75, 3.05) is 33.3 Å². The molecule has 0 unspecified atom stereocenters. The highest BCUT2D eigenvalue weighted by atomic mass is 35.5. The van der Waals surface area contributed by atoms with E-state index in [1.165, 1.54) is 6.26 Å². The molecule has 0 N–H and O–H groups in total. The predicted molar refractivity (Wildman–Crippen MR) is 75.7 cm³/mol. The molecule has 0 aliphatic rings. The molecule has 0 saturated carbocycles. The summed E-state index contributed by atoms with van der Waals surface area (Å²) in [6, 6.07) is 9.53. The monoisotopic (exact) mass is 283 g/mol. The molecule has 1 aromatic carbocycles. The van der Waals surface area contributed by atoms with Crippen LogP contribution in [-0.4, -0.2) is 44.1 Å². The number of carbonyl (C=O) groups is 1. The van der Waals surface area contributed by atoms with Crippen LogP contribution in [0.25, 0.3) is 5.70 Å². The van der Waals surface area contributed by atoms with Gasteiger partial charge in [-0.05, 0) is 0 Å². The number of nitrogens with zero attached hydrogens (tertiary/aromatic N) is 1. The van der Waals surface area contributed by atoms with Crippen molar-refractivity contribution < 1.29 is 14.3 Å². The summed E-state index contributed by atoms with van der Waals surface area (Å²) < 4.78 is 10.1. The molecule has 1 rings (SSSR count). The molecule has 1 amide bonds. The zero-order valence-electron chi connectivity index (χ0n) is 11.1. The average Bonchev–Trinajstić information content (AvgIpc) is 2.47. The summed E-state index contributed by atoms with van der Waals surface area (Å²) in [5, 5.41) is 0. The van der Waals surface area contributed by atoms with Crippen molar-refractivity contribution in [3.05, 3.63) is 42.2 Å². The molecule has 5 heteroatoms. The molecule has 4 nitrogen and oxygen atoms in total. The third-order valence-corrected chi connectivity index (χ3v) is 2.75. The van der Waals surface area contributed by atoms with E-state index in [1.54, 1.807) is 19.1 Å². The largest absolute Gasteiger partial charge is 0.502 e. The van der Waals surface area contributed by atoms with E-state index in [0.717, 1.165) is 5.56 Å². The van der Waals surface area contributed by atoms with Gasteiger partial charge in [0, 0.05) is 19.2 Å². The molecule has 0 aliphatic heterocycles. The van der Waals surface area contributed by atoms with Crippen molar-refractivity contribution in [1.82, 2.24) is 4.90 Å². The third kappa shape index (κ3) is 4.58. The van der Waals surface area contributed by atoms with Gasteiger partial charge in [0.05, 0.1) is 19.4 Å². The number of carbonyl (C=O) groups excluding carboxylic acids is 1. The average molecular weight is 284 g/mol. The summed E-state index contributed by atoms with van der Waals surface area (Å²) in [5.74, 6) is -0.275. The van der Waals surface area contributed by atoms with E-state index in [2.05, 4.69) is 0 Å². The first-order valence-corrected chi connectivity index (χ1v) is 6.41. The molecule has 0 radical (unpaired) electrons. The third-order valence-electron chi connectivity index (χ3n) is 2.52. The quantitative estimate of drug-likeness (QED) is 0.569. The number of hydrogen-bond donors (Lipinski definition) is 0. The van der Waals surface area contributed by atoms with Gasteiger partial charge < -0.3 is 14.4 Å².